The molecule has 0 saturated carbocycles. The molecule has 4 heteroatoms. The van der Waals surface area contributed by atoms with Gasteiger partial charge in [-0.15, -0.1) is 0 Å². The topological polar surface area (TPSA) is 39.4 Å². The van der Waals surface area contributed by atoms with Crippen molar-refractivity contribution in [1.82, 2.24) is 4.90 Å². The largest absolute Gasteiger partial charge is 0.350 e. The van der Waals surface area contributed by atoms with Gasteiger partial charge in [0, 0.05) is 18.8 Å². The van der Waals surface area contributed by atoms with Crippen LogP contribution in [-0.4, -0.2) is 28.9 Å². The van der Waals surface area contributed by atoms with Crippen molar-refractivity contribution in [2.45, 2.75) is 13.8 Å². The molecule has 18 heavy (non-hydrogen) atoms. The van der Waals surface area contributed by atoms with Gasteiger partial charge in [-0.1, -0.05) is 25.6 Å². The lowest BCUT2D eigenvalue weighted by molar-refractivity contribution is 0.396. The molecule has 0 amide bonds. The predicted molar refractivity (Wildman–Crippen MR) is 77.1 cm³/mol. The predicted octanol–water partition coefficient (Wildman–Crippen LogP) is 3.25. The SMILES string of the molecule is CC(C)CN1CCSC1=Nc1ccc(C#N)cc1. The van der Waals surface area contributed by atoms with E-state index in [1.807, 2.05) is 36.0 Å². The summed E-state index contributed by atoms with van der Waals surface area (Å²) in [4.78, 5) is 7.00. The van der Waals surface area contributed by atoms with Gasteiger partial charge < -0.3 is 4.90 Å². The lowest BCUT2D eigenvalue weighted by Gasteiger charge is -2.19. The molecule has 1 aliphatic heterocycles. The van der Waals surface area contributed by atoms with E-state index in [0.717, 1.165) is 29.7 Å². The van der Waals surface area contributed by atoms with Crippen LogP contribution in [-0.2, 0) is 0 Å². The highest BCUT2D eigenvalue weighted by atomic mass is 32.2. The van der Waals surface area contributed by atoms with Gasteiger partial charge in [-0.05, 0) is 30.2 Å². The van der Waals surface area contributed by atoms with Crippen molar-refractivity contribution in [2.75, 3.05) is 18.8 Å². The van der Waals surface area contributed by atoms with Crippen LogP contribution in [0.15, 0.2) is 29.3 Å². The summed E-state index contributed by atoms with van der Waals surface area (Å²) >= 11 is 1.81. The Kier molecular flexibility index (Phi) is 4.27. The Morgan fingerprint density at radius 3 is 2.72 bits per heavy atom. The minimum atomic E-state index is 0.648. The maximum atomic E-state index is 8.76. The molecule has 1 aliphatic rings. The Bertz CT molecular complexity index is 471. The number of rotatable bonds is 3. The minimum Gasteiger partial charge on any atom is -0.350 e. The molecule has 0 radical (unpaired) electrons. The zero-order valence-electron chi connectivity index (χ0n) is 10.8. The summed E-state index contributed by atoms with van der Waals surface area (Å²) in [5.41, 5.74) is 1.60. The van der Waals surface area contributed by atoms with Crippen LogP contribution in [0.5, 0.6) is 0 Å². The van der Waals surface area contributed by atoms with E-state index >= 15 is 0 Å². The maximum absolute atomic E-state index is 8.76. The molecule has 0 bridgehead atoms. The molecule has 1 fully saturated rings. The van der Waals surface area contributed by atoms with Crippen molar-refractivity contribution < 1.29 is 0 Å². The van der Waals surface area contributed by atoms with Crippen molar-refractivity contribution in [1.29, 1.82) is 5.26 Å². The molecule has 0 atom stereocenters. The zero-order valence-corrected chi connectivity index (χ0v) is 11.6. The molecular weight excluding hydrogens is 242 g/mol. The Balaban J connectivity index is 2.13. The number of nitriles is 1. The Morgan fingerprint density at radius 2 is 2.11 bits per heavy atom. The molecule has 3 nitrogen and oxygen atoms in total. The van der Waals surface area contributed by atoms with E-state index in [4.69, 9.17) is 5.26 Å². The summed E-state index contributed by atoms with van der Waals surface area (Å²) in [5.74, 6) is 1.76. The van der Waals surface area contributed by atoms with Gasteiger partial charge in [0.25, 0.3) is 0 Å². The summed E-state index contributed by atoms with van der Waals surface area (Å²) in [5, 5.41) is 9.86. The average Bonchev–Trinajstić information content (AvgIpc) is 2.77. The van der Waals surface area contributed by atoms with E-state index in [9.17, 15) is 0 Å². The number of hydrogen-bond acceptors (Lipinski definition) is 3. The fourth-order valence-electron chi connectivity index (χ4n) is 1.87. The van der Waals surface area contributed by atoms with Gasteiger partial charge in [-0.25, -0.2) is 4.99 Å². The molecule has 0 unspecified atom stereocenters. The lowest BCUT2D eigenvalue weighted by Crippen LogP contribution is -2.28. The first-order chi connectivity index (χ1) is 8.69. The van der Waals surface area contributed by atoms with Crippen LogP contribution in [0.1, 0.15) is 19.4 Å². The van der Waals surface area contributed by atoms with Crippen molar-refractivity contribution in [3.8, 4) is 6.07 Å². The Morgan fingerprint density at radius 1 is 1.39 bits per heavy atom. The second kappa shape index (κ2) is 5.92. The second-order valence-corrected chi connectivity index (χ2v) is 5.80. The molecule has 0 aromatic heterocycles. The van der Waals surface area contributed by atoms with Crippen molar-refractivity contribution in [2.24, 2.45) is 10.9 Å². The third kappa shape index (κ3) is 3.27. The first kappa shape index (κ1) is 13.0. The molecule has 1 saturated heterocycles. The van der Waals surface area contributed by atoms with Gasteiger partial charge in [-0.3, -0.25) is 0 Å². The van der Waals surface area contributed by atoms with Crippen molar-refractivity contribution in [3.63, 3.8) is 0 Å². The number of thioether (sulfide) groups is 1. The van der Waals surface area contributed by atoms with Crippen LogP contribution in [0.3, 0.4) is 0 Å². The van der Waals surface area contributed by atoms with Gasteiger partial charge in [0.05, 0.1) is 17.3 Å². The summed E-state index contributed by atoms with van der Waals surface area (Å²) < 4.78 is 0. The molecule has 0 N–H and O–H groups in total. The molecular formula is C14H17N3S. The van der Waals surface area contributed by atoms with Crippen molar-refractivity contribution in [3.05, 3.63) is 29.8 Å². The number of benzene rings is 1. The number of amidine groups is 1. The quantitative estimate of drug-likeness (QED) is 0.836. The van der Waals surface area contributed by atoms with Gasteiger partial charge in [0.1, 0.15) is 0 Å². The number of nitrogens with zero attached hydrogens (tertiary/aromatic N) is 3. The Hall–Kier alpha value is -1.47. The van der Waals surface area contributed by atoms with Gasteiger partial charge in [0.2, 0.25) is 0 Å². The second-order valence-electron chi connectivity index (χ2n) is 4.74. The van der Waals surface area contributed by atoms with Crippen LogP contribution in [0.2, 0.25) is 0 Å². The van der Waals surface area contributed by atoms with Crippen LogP contribution in [0.25, 0.3) is 0 Å². The fourth-order valence-corrected chi connectivity index (χ4v) is 2.88. The van der Waals surface area contributed by atoms with E-state index in [0.29, 0.717) is 11.5 Å². The highest BCUT2D eigenvalue weighted by Gasteiger charge is 2.19. The summed E-state index contributed by atoms with van der Waals surface area (Å²) in [6.07, 6.45) is 0. The molecule has 1 heterocycles. The summed E-state index contributed by atoms with van der Waals surface area (Å²) in [7, 11) is 0. The number of hydrogen-bond donors (Lipinski definition) is 0. The number of aliphatic imine (C=N–C) groups is 1. The molecule has 1 aromatic carbocycles. The van der Waals surface area contributed by atoms with Crippen LogP contribution < -0.4 is 0 Å². The molecule has 2 rings (SSSR count). The van der Waals surface area contributed by atoms with E-state index in [1.54, 1.807) is 0 Å². The third-order valence-electron chi connectivity index (χ3n) is 2.67. The maximum Gasteiger partial charge on any atom is 0.164 e. The van der Waals surface area contributed by atoms with Gasteiger partial charge >= 0.3 is 0 Å². The highest BCUT2D eigenvalue weighted by Crippen LogP contribution is 2.23. The average molecular weight is 259 g/mol. The van der Waals surface area contributed by atoms with Crippen LogP contribution in [0, 0.1) is 17.2 Å². The van der Waals surface area contributed by atoms with Crippen LogP contribution in [0.4, 0.5) is 5.69 Å². The molecule has 1 aromatic rings. The third-order valence-corrected chi connectivity index (χ3v) is 3.66. The summed E-state index contributed by atoms with van der Waals surface area (Å²) in [6, 6.07) is 9.54. The highest BCUT2D eigenvalue weighted by molar-refractivity contribution is 8.14. The van der Waals surface area contributed by atoms with Gasteiger partial charge in [0.15, 0.2) is 5.17 Å². The minimum absolute atomic E-state index is 0.648. The zero-order chi connectivity index (χ0) is 13.0. The molecule has 0 aliphatic carbocycles. The smallest absolute Gasteiger partial charge is 0.164 e. The first-order valence-corrected chi connectivity index (χ1v) is 7.14. The van der Waals surface area contributed by atoms with Crippen molar-refractivity contribution >= 4 is 22.6 Å². The summed E-state index contributed by atoms with van der Waals surface area (Å²) in [6.45, 7) is 6.59. The van der Waals surface area contributed by atoms with E-state index in [1.165, 1.54) is 0 Å². The monoisotopic (exact) mass is 259 g/mol. The van der Waals surface area contributed by atoms with E-state index in [2.05, 4.69) is 29.8 Å². The first-order valence-electron chi connectivity index (χ1n) is 6.15. The molecule has 94 valence electrons. The fraction of sp³-hybridized carbons (Fsp3) is 0.429. The lowest BCUT2D eigenvalue weighted by atomic mass is 10.2. The standard InChI is InChI=1S/C14H17N3S/c1-11(2)10-17-7-8-18-14(17)16-13-5-3-12(9-15)4-6-13/h3-6,11H,7-8,10H2,1-2H3. The van der Waals surface area contributed by atoms with Crippen LogP contribution >= 0.6 is 11.8 Å². The Labute approximate surface area is 113 Å². The van der Waals surface area contributed by atoms with E-state index in [-0.39, 0.29) is 0 Å². The van der Waals surface area contributed by atoms with E-state index < -0.39 is 0 Å². The normalized spacial score (nSPS) is 17.4. The molecule has 0 spiro atoms. The van der Waals surface area contributed by atoms with Gasteiger partial charge in [-0.2, -0.15) is 5.26 Å².